The van der Waals surface area contributed by atoms with E-state index in [-0.39, 0.29) is 36.2 Å². The third-order valence-corrected chi connectivity index (χ3v) is 3.73. The van der Waals surface area contributed by atoms with Crippen molar-refractivity contribution in [3.63, 3.8) is 0 Å². The predicted molar refractivity (Wildman–Crippen MR) is 94.1 cm³/mol. The Labute approximate surface area is 153 Å². The van der Waals surface area contributed by atoms with Crippen LogP contribution in [-0.2, 0) is 24.0 Å². The van der Waals surface area contributed by atoms with E-state index >= 15 is 0 Å². The van der Waals surface area contributed by atoms with Crippen LogP contribution >= 0.6 is 0 Å². The Morgan fingerprint density at radius 1 is 1.00 bits per heavy atom. The molecular formula is C17H29N3O6. The molecular weight excluding hydrogens is 342 g/mol. The van der Waals surface area contributed by atoms with E-state index in [1.54, 1.807) is 27.7 Å². The number of nitrogens with two attached hydrogens (primary N) is 1. The minimum Gasteiger partial charge on any atom is -0.481 e. The van der Waals surface area contributed by atoms with Crippen LogP contribution in [0.25, 0.3) is 0 Å². The first-order valence-electron chi connectivity index (χ1n) is 8.56. The van der Waals surface area contributed by atoms with Crippen LogP contribution in [0.4, 0.5) is 0 Å². The highest BCUT2D eigenvalue weighted by Crippen LogP contribution is 2.09. The molecule has 0 radical (unpaired) electrons. The second-order valence-corrected chi connectivity index (χ2v) is 6.76. The predicted octanol–water partition coefficient (Wildman–Crippen LogP) is -0.380. The van der Waals surface area contributed by atoms with E-state index < -0.39 is 42.8 Å². The maximum atomic E-state index is 12.2. The van der Waals surface area contributed by atoms with Crippen molar-refractivity contribution in [2.24, 2.45) is 17.6 Å². The normalized spacial score (nSPS) is 13.2. The van der Waals surface area contributed by atoms with Crippen molar-refractivity contribution in [1.82, 2.24) is 10.6 Å². The molecule has 0 saturated heterocycles. The first kappa shape index (κ1) is 23.7. The van der Waals surface area contributed by atoms with E-state index in [2.05, 4.69) is 10.6 Å². The van der Waals surface area contributed by atoms with Crippen molar-refractivity contribution in [3.8, 4) is 0 Å². The molecule has 5 N–H and O–H groups in total. The third-order valence-electron chi connectivity index (χ3n) is 3.73. The van der Waals surface area contributed by atoms with Crippen LogP contribution in [0.15, 0.2) is 0 Å². The van der Waals surface area contributed by atoms with Crippen molar-refractivity contribution < 1.29 is 29.1 Å². The van der Waals surface area contributed by atoms with Gasteiger partial charge in [-0.1, -0.05) is 27.7 Å². The number of ketones is 2. The molecule has 0 spiro atoms. The van der Waals surface area contributed by atoms with Gasteiger partial charge in [0.05, 0.1) is 25.0 Å². The Bertz CT molecular complexity index is 545. The monoisotopic (exact) mass is 371 g/mol. The van der Waals surface area contributed by atoms with Crippen molar-refractivity contribution >= 4 is 29.4 Å². The number of nitrogens with one attached hydrogen (secondary N) is 2. The lowest BCUT2D eigenvalue weighted by atomic mass is 9.94. The van der Waals surface area contributed by atoms with Gasteiger partial charge in [-0.2, -0.15) is 0 Å². The van der Waals surface area contributed by atoms with Crippen LogP contribution in [0.5, 0.6) is 0 Å². The SMILES string of the molecule is CC(C)C(=O)CC[C@H](NC(=O)CNC(=O)[C@@H](N)CC(=O)O)C(=O)C(C)C. The highest BCUT2D eigenvalue weighted by molar-refractivity contribution is 5.93. The Hall–Kier alpha value is -2.29. The van der Waals surface area contributed by atoms with Crippen LogP contribution in [0, 0.1) is 11.8 Å². The van der Waals surface area contributed by atoms with E-state index in [4.69, 9.17) is 10.8 Å². The van der Waals surface area contributed by atoms with Gasteiger partial charge in [-0.3, -0.25) is 24.0 Å². The Morgan fingerprint density at radius 2 is 1.58 bits per heavy atom. The summed E-state index contributed by atoms with van der Waals surface area (Å²) in [6, 6.07) is -2.09. The topological polar surface area (TPSA) is 156 Å². The van der Waals surface area contributed by atoms with E-state index in [0.717, 1.165) is 0 Å². The molecule has 0 aromatic carbocycles. The second-order valence-electron chi connectivity index (χ2n) is 6.76. The second kappa shape index (κ2) is 11.3. The van der Waals surface area contributed by atoms with Gasteiger partial charge in [-0.15, -0.1) is 0 Å². The molecule has 0 aliphatic heterocycles. The first-order chi connectivity index (χ1) is 12.0. The molecule has 0 aliphatic carbocycles. The number of carboxylic acids is 1. The summed E-state index contributed by atoms with van der Waals surface area (Å²) < 4.78 is 0. The molecule has 0 saturated carbocycles. The molecule has 0 aromatic heterocycles. The van der Waals surface area contributed by atoms with Crippen molar-refractivity contribution in [3.05, 3.63) is 0 Å². The fourth-order valence-electron chi connectivity index (χ4n) is 2.09. The largest absolute Gasteiger partial charge is 0.481 e. The van der Waals surface area contributed by atoms with Gasteiger partial charge in [-0.05, 0) is 6.42 Å². The molecule has 2 amide bonds. The fourth-order valence-corrected chi connectivity index (χ4v) is 2.09. The highest BCUT2D eigenvalue weighted by Gasteiger charge is 2.25. The smallest absolute Gasteiger partial charge is 0.305 e. The average molecular weight is 371 g/mol. The van der Waals surface area contributed by atoms with E-state index in [1.165, 1.54) is 0 Å². The van der Waals surface area contributed by atoms with Gasteiger partial charge in [-0.25, -0.2) is 0 Å². The molecule has 148 valence electrons. The summed E-state index contributed by atoms with van der Waals surface area (Å²) in [5, 5.41) is 13.3. The minimum atomic E-state index is -1.27. The van der Waals surface area contributed by atoms with Crippen LogP contribution in [-0.4, -0.2) is 53.1 Å². The molecule has 9 heteroatoms. The maximum Gasteiger partial charge on any atom is 0.305 e. The number of aliphatic carboxylic acids is 1. The van der Waals surface area contributed by atoms with Crippen molar-refractivity contribution in [2.75, 3.05) is 6.54 Å². The minimum absolute atomic E-state index is 0.00579. The number of carbonyl (C=O) groups is 5. The Kier molecular flexibility index (Phi) is 10.3. The third kappa shape index (κ3) is 9.26. The zero-order valence-electron chi connectivity index (χ0n) is 15.7. The van der Waals surface area contributed by atoms with Crippen molar-refractivity contribution in [2.45, 2.75) is 59.0 Å². The number of carboxylic acid groups (broad SMARTS) is 1. The lowest BCUT2D eigenvalue weighted by Crippen LogP contribution is -2.49. The summed E-state index contributed by atoms with van der Waals surface area (Å²) in [6.45, 7) is 6.47. The summed E-state index contributed by atoms with van der Waals surface area (Å²) >= 11 is 0. The zero-order valence-corrected chi connectivity index (χ0v) is 15.7. The fraction of sp³-hybridized carbons (Fsp3) is 0.706. The molecule has 0 fully saturated rings. The number of carbonyl (C=O) groups excluding carboxylic acids is 4. The molecule has 0 unspecified atom stereocenters. The summed E-state index contributed by atoms with van der Waals surface area (Å²) in [7, 11) is 0. The zero-order chi connectivity index (χ0) is 20.4. The Morgan fingerprint density at radius 3 is 2.04 bits per heavy atom. The number of hydrogen-bond acceptors (Lipinski definition) is 6. The molecule has 0 aromatic rings. The van der Waals surface area contributed by atoms with E-state index in [1.807, 2.05) is 0 Å². The molecule has 0 bridgehead atoms. The van der Waals surface area contributed by atoms with Crippen LogP contribution in [0.3, 0.4) is 0 Å². The highest BCUT2D eigenvalue weighted by atomic mass is 16.4. The average Bonchev–Trinajstić information content (AvgIpc) is 2.54. The maximum absolute atomic E-state index is 12.2. The molecule has 0 aliphatic rings. The standard InChI is InChI=1S/C17H29N3O6/c1-9(2)13(21)6-5-12(16(25)10(3)4)20-14(22)8-19-17(26)11(18)7-15(23)24/h9-12H,5-8,18H2,1-4H3,(H,19,26)(H,20,22)(H,23,24)/t11-,12-/m0/s1. The lowest BCUT2D eigenvalue weighted by Gasteiger charge is -2.20. The number of Topliss-reactive ketones (excluding diaryl/α,β-unsaturated/α-hetero) is 2. The summed E-state index contributed by atoms with van der Waals surface area (Å²) in [6.07, 6.45) is -0.206. The molecule has 0 rings (SSSR count). The first-order valence-corrected chi connectivity index (χ1v) is 8.56. The number of hydrogen-bond donors (Lipinski definition) is 4. The van der Waals surface area contributed by atoms with Crippen LogP contribution in [0.2, 0.25) is 0 Å². The van der Waals surface area contributed by atoms with Gasteiger partial charge in [0.15, 0.2) is 5.78 Å². The Balaban J connectivity index is 4.66. The van der Waals surface area contributed by atoms with Gasteiger partial charge >= 0.3 is 5.97 Å². The lowest BCUT2D eigenvalue weighted by molar-refractivity contribution is -0.139. The molecule has 2 atom stereocenters. The van der Waals surface area contributed by atoms with Gasteiger partial charge < -0.3 is 21.5 Å². The van der Waals surface area contributed by atoms with Crippen molar-refractivity contribution in [1.29, 1.82) is 0 Å². The molecule has 0 heterocycles. The molecule has 26 heavy (non-hydrogen) atoms. The quantitative estimate of drug-likeness (QED) is 0.364. The van der Waals surface area contributed by atoms with Gasteiger partial charge in [0.25, 0.3) is 0 Å². The van der Waals surface area contributed by atoms with E-state index in [0.29, 0.717) is 0 Å². The molecule has 9 nitrogen and oxygen atoms in total. The number of amides is 2. The van der Waals surface area contributed by atoms with Crippen LogP contribution < -0.4 is 16.4 Å². The van der Waals surface area contributed by atoms with Gasteiger partial charge in [0.1, 0.15) is 5.78 Å². The summed E-state index contributed by atoms with van der Waals surface area (Å²) in [5.74, 6) is -3.31. The summed E-state index contributed by atoms with van der Waals surface area (Å²) in [4.78, 5) is 58.1. The summed E-state index contributed by atoms with van der Waals surface area (Å²) in [5.41, 5.74) is 5.39. The number of rotatable bonds is 12. The van der Waals surface area contributed by atoms with Crippen LogP contribution in [0.1, 0.15) is 47.0 Å². The van der Waals surface area contributed by atoms with Gasteiger partial charge in [0, 0.05) is 18.3 Å². The van der Waals surface area contributed by atoms with E-state index in [9.17, 15) is 24.0 Å². The van der Waals surface area contributed by atoms with Gasteiger partial charge in [0.2, 0.25) is 11.8 Å².